The molecule has 0 unspecified atom stereocenters. The number of carboxylic acid groups (broad SMARTS) is 1. The summed E-state index contributed by atoms with van der Waals surface area (Å²) in [5, 5.41) is 108. The van der Waals surface area contributed by atoms with E-state index in [1.165, 1.54) is 32.6 Å². The smallest absolute Gasteiger partial charge is 0.328 e. The molecule has 3 aliphatic heterocycles. The number of nitrogens with zero attached hydrogens (tertiary/aromatic N) is 3. The molecule has 0 spiro atoms. The van der Waals surface area contributed by atoms with Crippen LogP contribution in [0.25, 0.3) is 0 Å². The second kappa shape index (κ2) is 48.4. The van der Waals surface area contributed by atoms with Gasteiger partial charge in [-0.15, -0.1) is 0 Å². The normalized spacial score (nSPS) is 19.4. The van der Waals surface area contributed by atoms with Crippen molar-refractivity contribution in [1.82, 2.24) is 78.5 Å². The molecule has 0 radical (unpaired) electrons. The van der Waals surface area contributed by atoms with Crippen molar-refractivity contribution in [2.75, 3.05) is 65.7 Å². The molecule has 30 N–H and O–H groups in total. The zero-order valence-corrected chi connectivity index (χ0v) is 64.2. The summed E-state index contributed by atoms with van der Waals surface area (Å²) < 4.78 is 0. The summed E-state index contributed by atoms with van der Waals surface area (Å²) in [6.45, 7) is 4.60. The number of aliphatic hydroxyl groups is 6. The minimum absolute atomic E-state index is 0.0110. The molecule has 634 valence electrons. The third kappa shape index (κ3) is 29.5. The second-order valence-corrected chi connectivity index (χ2v) is 28.5. The number of likely N-dealkylation sites (tertiary alicyclic amines) is 3. The number of unbranched alkanes of at least 4 members (excludes halogenated alkanes) is 2. The van der Waals surface area contributed by atoms with Crippen LogP contribution in [0.2, 0.25) is 0 Å². The summed E-state index contributed by atoms with van der Waals surface area (Å²) in [4.78, 5) is 222. The van der Waals surface area contributed by atoms with Crippen LogP contribution in [0.3, 0.4) is 0 Å². The van der Waals surface area contributed by atoms with Crippen molar-refractivity contribution in [2.45, 2.75) is 247 Å². The first-order valence-corrected chi connectivity index (χ1v) is 37.7. The number of aliphatic carboxylic acids is 1. The van der Waals surface area contributed by atoms with Crippen molar-refractivity contribution in [3.63, 3.8) is 0 Å². The molecule has 3 fully saturated rings. The summed E-state index contributed by atoms with van der Waals surface area (Å²) >= 11 is 0. The van der Waals surface area contributed by atoms with Crippen molar-refractivity contribution in [1.29, 1.82) is 5.41 Å². The Kier molecular flexibility index (Phi) is 41.7. The van der Waals surface area contributed by atoms with E-state index in [0.717, 1.165) is 9.80 Å². The van der Waals surface area contributed by atoms with E-state index in [4.69, 9.17) is 34.1 Å². The molecule has 18 atom stereocenters. The highest BCUT2D eigenvalue weighted by molar-refractivity contribution is 6.01. The van der Waals surface area contributed by atoms with Gasteiger partial charge >= 0.3 is 5.97 Å². The number of nitrogens with two attached hydrogens (primary N) is 5. The van der Waals surface area contributed by atoms with Crippen molar-refractivity contribution in [3.8, 4) is 0 Å². The lowest BCUT2D eigenvalue weighted by molar-refractivity contribution is -0.148. The maximum atomic E-state index is 14.6. The van der Waals surface area contributed by atoms with Crippen molar-refractivity contribution in [2.24, 2.45) is 40.5 Å². The van der Waals surface area contributed by atoms with Gasteiger partial charge in [0.2, 0.25) is 88.6 Å². The van der Waals surface area contributed by atoms with Crippen LogP contribution >= 0.6 is 0 Å². The van der Waals surface area contributed by atoms with E-state index in [1.807, 2.05) is 0 Å². The van der Waals surface area contributed by atoms with Crippen molar-refractivity contribution >= 4 is 101 Å². The number of aliphatic hydroxyl groups excluding tert-OH is 6. The first kappa shape index (κ1) is 96.6. The molecule has 0 aromatic carbocycles. The quantitative estimate of drug-likeness (QED) is 0.0153. The van der Waals surface area contributed by atoms with Crippen molar-refractivity contribution in [3.05, 3.63) is 0 Å². The Morgan fingerprint density at radius 2 is 0.830 bits per heavy atom. The zero-order valence-electron chi connectivity index (χ0n) is 64.2. The molecule has 3 heterocycles. The molecule has 15 amide bonds. The first-order valence-electron chi connectivity index (χ1n) is 37.7. The second-order valence-electron chi connectivity index (χ2n) is 28.5. The highest BCUT2D eigenvalue weighted by atomic mass is 16.4. The van der Waals surface area contributed by atoms with E-state index in [1.54, 1.807) is 13.8 Å². The summed E-state index contributed by atoms with van der Waals surface area (Å²) in [6.07, 6.45) is -1.37. The third-order valence-corrected chi connectivity index (χ3v) is 19.4. The number of carbonyl (C=O) groups is 16. The van der Waals surface area contributed by atoms with Crippen LogP contribution in [0.4, 0.5) is 0 Å². The van der Waals surface area contributed by atoms with Gasteiger partial charge in [0.15, 0.2) is 5.96 Å². The highest BCUT2D eigenvalue weighted by Crippen LogP contribution is 2.27. The van der Waals surface area contributed by atoms with Crippen LogP contribution in [-0.2, 0) is 76.7 Å². The van der Waals surface area contributed by atoms with Gasteiger partial charge in [-0.3, -0.25) is 77.3 Å². The molecule has 3 aliphatic rings. The number of nitrogens with one attached hydrogen (secondary N) is 13. The molecular weight excluding hydrogens is 1480 g/mol. The van der Waals surface area contributed by atoms with Gasteiger partial charge < -0.3 is 143 Å². The molecular formula is C68H119N21O23. The molecule has 0 saturated carbocycles. The summed E-state index contributed by atoms with van der Waals surface area (Å²) in [6, 6.07) is -23.4. The summed E-state index contributed by atoms with van der Waals surface area (Å²) in [7, 11) is 0. The standard InChI is InChI=1S/C68H119N21O23/c1-7-34(4)50(62(106)77-38(17-9-11-23-70)55(99)86-52(36(6)95)66(110)88-26-14-20-46(88)60(104)82-44(32-93)67(111)112)84-58(102)42(30-91)79-54(98)39(18-12-24-75-68(73)74)76-59(103)45-19-13-25-87(45)65(109)47-21-15-27-89(47)64(108)43(31-92)81-57(101)41(29-90)80-56(100)40(28-48(72)96)78-61(105)49(33(2)3)83-63(107)51(35(5)94)85-53(97)37(71)16-8-10-22-69/h33-47,49-52,90-95H,7-32,69-71H2,1-6H3,(H2,72,96)(H,76,103)(H,77,106)(H,78,105)(H,79,98)(H,80,100)(H,81,101)(H,82,104)(H,83,107)(H,84,102)(H,85,97)(H,86,99)(H,111,112)(H4,73,74,75)/t34-,35+,36+,37-,38-,39-,40-,41-,42-,43-,44-,45-,46-,47-,49-,50-,51-,52-/m0/s1. The Hall–Kier alpha value is -9.57. The van der Waals surface area contributed by atoms with E-state index < -0.39 is 248 Å². The predicted octanol–water partition coefficient (Wildman–Crippen LogP) is -11.5. The highest BCUT2D eigenvalue weighted by Gasteiger charge is 2.47. The fourth-order valence-corrected chi connectivity index (χ4v) is 12.8. The van der Waals surface area contributed by atoms with E-state index in [9.17, 15) is 112 Å². The monoisotopic (exact) mass is 1600 g/mol. The zero-order chi connectivity index (χ0) is 84.4. The fourth-order valence-electron chi connectivity index (χ4n) is 12.8. The number of amides is 15. The molecule has 0 aromatic rings. The molecule has 3 saturated heterocycles. The van der Waals surface area contributed by atoms with Gasteiger partial charge in [-0.1, -0.05) is 40.5 Å². The van der Waals surface area contributed by atoms with Crippen molar-refractivity contribution < 1.29 is 112 Å². The third-order valence-electron chi connectivity index (χ3n) is 19.4. The molecule has 44 heteroatoms. The number of rotatable bonds is 49. The first-order chi connectivity index (χ1) is 52.9. The maximum absolute atomic E-state index is 14.6. The Labute approximate surface area is 648 Å². The predicted molar refractivity (Wildman–Crippen MR) is 396 cm³/mol. The van der Waals surface area contributed by atoms with Gasteiger partial charge in [-0.05, 0) is 122 Å². The number of hydrogen-bond acceptors (Lipinski definition) is 26. The molecule has 0 bridgehead atoms. The average molecular weight is 1600 g/mol. The van der Waals surface area contributed by atoms with Crippen LogP contribution in [0.5, 0.6) is 0 Å². The lowest BCUT2D eigenvalue weighted by Crippen LogP contribution is -2.62. The van der Waals surface area contributed by atoms with Crippen LogP contribution in [0, 0.1) is 17.2 Å². The van der Waals surface area contributed by atoms with Gasteiger partial charge in [0.1, 0.15) is 84.6 Å². The van der Waals surface area contributed by atoms with Crippen LogP contribution in [0.1, 0.15) is 144 Å². The Morgan fingerprint density at radius 1 is 0.438 bits per heavy atom. The van der Waals surface area contributed by atoms with E-state index in [0.29, 0.717) is 25.8 Å². The lowest BCUT2D eigenvalue weighted by Gasteiger charge is -2.33. The number of carbonyl (C=O) groups excluding carboxylic acids is 15. The van der Waals surface area contributed by atoms with Gasteiger partial charge in [-0.25, -0.2) is 4.79 Å². The van der Waals surface area contributed by atoms with Crippen LogP contribution in [0.15, 0.2) is 0 Å². The molecule has 0 aromatic heterocycles. The molecule has 3 rings (SSSR count). The Morgan fingerprint density at radius 3 is 1.33 bits per heavy atom. The Bertz CT molecular complexity index is 3250. The minimum Gasteiger partial charge on any atom is -0.480 e. The Balaban J connectivity index is 1.80. The van der Waals surface area contributed by atoms with E-state index in [2.05, 4.69) is 63.8 Å². The van der Waals surface area contributed by atoms with Gasteiger partial charge in [0.25, 0.3) is 0 Å². The molecule has 112 heavy (non-hydrogen) atoms. The average Bonchev–Trinajstić information content (AvgIpc) is 1.62. The largest absolute Gasteiger partial charge is 0.480 e. The fraction of sp³-hybridized carbons (Fsp3) is 0.750. The maximum Gasteiger partial charge on any atom is 0.328 e. The van der Waals surface area contributed by atoms with Crippen LogP contribution in [-0.4, -0.2) is 320 Å². The molecule has 0 aliphatic carbocycles. The summed E-state index contributed by atoms with van der Waals surface area (Å²) in [5.41, 5.74) is 28.1. The van der Waals surface area contributed by atoms with E-state index >= 15 is 0 Å². The number of guanidine groups is 1. The topological polar surface area (TPSA) is 723 Å². The SMILES string of the molecule is CC[C@H](C)[C@H](NC(=O)[C@H](CO)NC(=O)[C@H](CCCNC(=N)N)NC(=O)[C@@H]1CCCN1C(=O)[C@@H]1CCCN1C(=O)[C@H](CO)NC(=O)[C@H](CO)NC(=O)[C@H](CC(N)=O)NC(=O)[C@@H](NC(=O)[C@@H](NC(=O)[C@@H](N)CCCCN)[C@@H](C)O)C(C)C)C(=O)N[C@@H](CCCCN)C(=O)N[C@H](C(=O)N1CCC[C@H]1C(=O)N[C@@H](CO)C(=O)O)[C@@H](C)O. The van der Waals surface area contributed by atoms with Gasteiger partial charge in [0.05, 0.1) is 51.1 Å². The van der Waals surface area contributed by atoms with Crippen LogP contribution < -0.4 is 92.5 Å². The molecule has 44 nitrogen and oxygen atoms in total. The number of primary amides is 1. The summed E-state index contributed by atoms with van der Waals surface area (Å²) in [5.74, 6) is -18.6. The number of carboxylic acids is 1. The van der Waals surface area contributed by atoms with Gasteiger partial charge in [-0.2, -0.15) is 0 Å². The van der Waals surface area contributed by atoms with E-state index in [-0.39, 0.29) is 110 Å². The minimum atomic E-state index is -1.96. The lowest BCUT2D eigenvalue weighted by atomic mass is 9.97. The number of hydrogen-bond donors (Lipinski definition) is 25. The van der Waals surface area contributed by atoms with Gasteiger partial charge in [0, 0.05) is 26.2 Å².